The van der Waals surface area contributed by atoms with E-state index in [0.29, 0.717) is 23.5 Å². The van der Waals surface area contributed by atoms with E-state index >= 15 is 0 Å². The summed E-state index contributed by atoms with van der Waals surface area (Å²) in [7, 11) is 1.41. The highest BCUT2D eigenvalue weighted by atomic mass is 32.1. The van der Waals surface area contributed by atoms with Crippen LogP contribution in [0, 0.1) is 11.7 Å². The highest BCUT2D eigenvalue weighted by Crippen LogP contribution is 2.24. The maximum atomic E-state index is 13.9. The van der Waals surface area contributed by atoms with Crippen LogP contribution in [0.4, 0.5) is 4.39 Å². The van der Waals surface area contributed by atoms with Gasteiger partial charge in [-0.2, -0.15) is 0 Å². The number of carbonyl (C=O) groups is 2. The van der Waals surface area contributed by atoms with Crippen LogP contribution < -0.4 is 10.1 Å². The molecule has 1 N–H and O–H groups in total. The van der Waals surface area contributed by atoms with Crippen LogP contribution in [0.25, 0.3) is 0 Å². The summed E-state index contributed by atoms with van der Waals surface area (Å²) in [5.74, 6) is -0.669. The number of likely N-dealkylation sites (tertiary alicyclic amines) is 1. The fourth-order valence-corrected chi connectivity index (χ4v) is 3.99. The minimum Gasteiger partial charge on any atom is -0.494 e. The summed E-state index contributed by atoms with van der Waals surface area (Å²) < 4.78 is 18.8. The topological polar surface area (TPSA) is 58.6 Å². The SMILES string of the molecule is COc1ccc([C@H](C)NC(=O)[C@@H]2CCCN(C(=O)c3cccs3)C2)cc1F. The lowest BCUT2D eigenvalue weighted by Crippen LogP contribution is -2.45. The van der Waals surface area contributed by atoms with Crippen molar-refractivity contribution in [2.24, 2.45) is 5.92 Å². The number of thiophene rings is 1. The van der Waals surface area contributed by atoms with Crippen molar-refractivity contribution in [3.63, 3.8) is 0 Å². The summed E-state index contributed by atoms with van der Waals surface area (Å²) in [5, 5.41) is 4.82. The highest BCUT2D eigenvalue weighted by Gasteiger charge is 2.30. The van der Waals surface area contributed by atoms with Gasteiger partial charge in [-0.1, -0.05) is 12.1 Å². The van der Waals surface area contributed by atoms with Gasteiger partial charge < -0.3 is 15.0 Å². The summed E-state index contributed by atoms with van der Waals surface area (Å²) in [5.41, 5.74) is 0.670. The van der Waals surface area contributed by atoms with Crippen LogP contribution in [0.1, 0.15) is 41.0 Å². The molecule has 1 aliphatic rings. The third-order valence-corrected chi connectivity index (χ3v) is 5.70. The Hall–Kier alpha value is -2.41. The van der Waals surface area contributed by atoms with Gasteiger partial charge in [0.25, 0.3) is 5.91 Å². The van der Waals surface area contributed by atoms with Crippen LogP contribution in [0.15, 0.2) is 35.7 Å². The number of carbonyl (C=O) groups excluding carboxylic acids is 2. The molecule has 3 rings (SSSR count). The van der Waals surface area contributed by atoms with E-state index in [1.54, 1.807) is 23.1 Å². The van der Waals surface area contributed by atoms with Crippen LogP contribution in [0.2, 0.25) is 0 Å². The number of halogens is 1. The van der Waals surface area contributed by atoms with E-state index in [-0.39, 0.29) is 29.5 Å². The molecule has 0 saturated carbocycles. The van der Waals surface area contributed by atoms with Gasteiger partial charge in [0.05, 0.1) is 23.9 Å². The van der Waals surface area contributed by atoms with Gasteiger partial charge in [0.2, 0.25) is 5.91 Å². The largest absolute Gasteiger partial charge is 0.494 e. The molecule has 144 valence electrons. The van der Waals surface area contributed by atoms with Crippen LogP contribution in [0.3, 0.4) is 0 Å². The smallest absolute Gasteiger partial charge is 0.263 e. The molecule has 5 nitrogen and oxygen atoms in total. The van der Waals surface area contributed by atoms with Crippen LogP contribution in [0.5, 0.6) is 5.75 Å². The van der Waals surface area contributed by atoms with Crippen molar-refractivity contribution < 1.29 is 18.7 Å². The molecule has 0 unspecified atom stereocenters. The number of hydrogen-bond acceptors (Lipinski definition) is 4. The van der Waals surface area contributed by atoms with E-state index in [0.717, 1.165) is 12.8 Å². The Morgan fingerprint density at radius 1 is 1.37 bits per heavy atom. The van der Waals surface area contributed by atoms with Gasteiger partial charge in [-0.3, -0.25) is 9.59 Å². The van der Waals surface area contributed by atoms with Crippen molar-refractivity contribution in [3.8, 4) is 5.75 Å². The van der Waals surface area contributed by atoms with Crippen LogP contribution in [-0.2, 0) is 4.79 Å². The molecule has 0 spiro atoms. The van der Waals surface area contributed by atoms with Crippen molar-refractivity contribution in [2.45, 2.75) is 25.8 Å². The Balaban J connectivity index is 1.61. The van der Waals surface area contributed by atoms with Gasteiger partial charge in [0.1, 0.15) is 0 Å². The number of methoxy groups -OCH3 is 1. The third-order valence-electron chi connectivity index (χ3n) is 4.85. The standard InChI is InChI=1S/C20H23FN2O3S/c1-13(14-7-8-17(26-2)16(21)11-14)22-19(24)15-5-3-9-23(12-15)20(25)18-6-4-10-27-18/h4,6-8,10-11,13,15H,3,5,9,12H2,1-2H3,(H,22,24)/t13-,15+/m0/s1. The number of rotatable bonds is 5. The van der Waals surface area contributed by atoms with E-state index in [9.17, 15) is 14.0 Å². The van der Waals surface area contributed by atoms with E-state index in [4.69, 9.17) is 4.74 Å². The van der Waals surface area contributed by atoms with E-state index in [1.807, 2.05) is 18.4 Å². The molecular weight excluding hydrogens is 367 g/mol. The first-order valence-corrected chi connectivity index (χ1v) is 9.84. The fourth-order valence-electron chi connectivity index (χ4n) is 3.30. The molecule has 1 fully saturated rings. The summed E-state index contributed by atoms with van der Waals surface area (Å²) in [4.78, 5) is 27.6. The highest BCUT2D eigenvalue weighted by molar-refractivity contribution is 7.12. The van der Waals surface area contributed by atoms with Gasteiger partial charge in [0, 0.05) is 13.1 Å². The van der Waals surface area contributed by atoms with Crippen molar-refractivity contribution >= 4 is 23.2 Å². The Morgan fingerprint density at radius 2 is 2.19 bits per heavy atom. The number of piperidine rings is 1. The normalized spacial score (nSPS) is 18.0. The van der Waals surface area contributed by atoms with Crippen molar-refractivity contribution in [2.75, 3.05) is 20.2 Å². The average molecular weight is 390 g/mol. The lowest BCUT2D eigenvalue weighted by atomic mass is 9.96. The Kier molecular flexibility index (Phi) is 6.11. The number of ether oxygens (including phenoxy) is 1. The first kappa shape index (κ1) is 19.4. The first-order chi connectivity index (χ1) is 13.0. The zero-order chi connectivity index (χ0) is 19.4. The minimum atomic E-state index is -0.457. The first-order valence-electron chi connectivity index (χ1n) is 8.96. The summed E-state index contributed by atoms with van der Waals surface area (Å²) >= 11 is 1.41. The minimum absolute atomic E-state index is 0.0206. The van der Waals surface area contributed by atoms with Crippen molar-refractivity contribution in [3.05, 3.63) is 52.0 Å². The van der Waals surface area contributed by atoms with E-state index < -0.39 is 5.82 Å². The lowest BCUT2D eigenvalue weighted by molar-refractivity contribution is -0.127. The number of amides is 2. The van der Waals surface area contributed by atoms with Crippen molar-refractivity contribution in [1.82, 2.24) is 10.2 Å². The summed E-state index contributed by atoms with van der Waals surface area (Å²) in [6.45, 7) is 2.89. The zero-order valence-corrected chi connectivity index (χ0v) is 16.2. The lowest BCUT2D eigenvalue weighted by Gasteiger charge is -2.32. The molecule has 2 aromatic rings. The molecule has 1 aromatic carbocycles. The predicted molar refractivity (Wildman–Crippen MR) is 102 cm³/mol. The second-order valence-electron chi connectivity index (χ2n) is 6.69. The second kappa shape index (κ2) is 8.52. The molecule has 1 aliphatic heterocycles. The molecule has 7 heteroatoms. The van der Waals surface area contributed by atoms with Crippen molar-refractivity contribution in [1.29, 1.82) is 0 Å². The molecule has 2 atom stereocenters. The molecule has 0 bridgehead atoms. The Labute approximate surface area is 162 Å². The molecule has 0 aliphatic carbocycles. The molecule has 1 saturated heterocycles. The number of hydrogen-bond donors (Lipinski definition) is 1. The van der Waals surface area contributed by atoms with Gasteiger partial charge >= 0.3 is 0 Å². The second-order valence-corrected chi connectivity index (χ2v) is 7.64. The third kappa shape index (κ3) is 4.47. The van der Waals surface area contributed by atoms with Crippen LogP contribution in [-0.4, -0.2) is 36.9 Å². The monoisotopic (exact) mass is 390 g/mol. The summed E-state index contributed by atoms with van der Waals surface area (Å²) in [6, 6.07) is 7.98. The Bertz CT molecular complexity index is 810. The average Bonchev–Trinajstić information content (AvgIpc) is 3.22. The van der Waals surface area contributed by atoms with Crippen LogP contribution >= 0.6 is 11.3 Å². The fraction of sp³-hybridized carbons (Fsp3) is 0.400. The van der Waals surface area contributed by atoms with Gasteiger partial charge in [-0.05, 0) is 48.9 Å². The molecule has 2 heterocycles. The molecular formula is C20H23FN2O3S. The molecule has 27 heavy (non-hydrogen) atoms. The van der Waals surface area contributed by atoms with Gasteiger partial charge in [0.15, 0.2) is 11.6 Å². The Morgan fingerprint density at radius 3 is 2.85 bits per heavy atom. The zero-order valence-electron chi connectivity index (χ0n) is 15.4. The molecule has 0 radical (unpaired) electrons. The number of benzene rings is 1. The summed E-state index contributed by atoms with van der Waals surface area (Å²) in [6.07, 6.45) is 1.53. The predicted octanol–water partition coefficient (Wildman–Crippen LogP) is 3.63. The van der Waals surface area contributed by atoms with E-state index in [2.05, 4.69) is 5.32 Å². The maximum Gasteiger partial charge on any atom is 0.263 e. The van der Waals surface area contributed by atoms with Gasteiger partial charge in [-0.15, -0.1) is 11.3 Å². The number of nitrogens with one attached hydrogen (secondary N) is 1. The maximum absolute atomic E-state index is 13.9. The number of nitrogens with zero attached hydrogens (tertiary/aromatic N) is 1. The van der Waals surface area contributed by atoms with E-state index in [1.165, 1.54) is 24.5 Å². The molecule has 2 amide bonds. The van der Waals surface area contributed by atoms with Gasteiger partial charge in [-0.25, -0.2) is 4.39 Å². The quantitative estimate of drug-likeness (QED) is 0.848. The molecule has 1 aromatic heterocycles.